The molecule has 3 nitrogen and oxygen atoms in total. The fourth-order valence-corrected chi connectivity index (χ4v) is 1.93. The number of nitrogens with zero attached hydrogens (tertiary/aromatic N) is 1. The summed E-state index contributed by atoms with van der Waals surface area (Å²) in [6.45, 7) is 3.11. The average molecular weight is 225 g/mol. The van der Waals surface area contributed by atoms with Crippen LogP contribution in [-0.2, 0) is 9.53 Å². The van der Waals surface area contributed by atoms with E-state index in [-0.39, 0.29) is 0 Å². The van der Waals surface area contributed by atoms with Gasteiger partial charge in [0.1, 0.15) is 0 Å². The zero-order chi connectivity index (χ0) is 10.7. The topological polar surface area (TPSA) is 29.5 Å². The number of benzene rings is 1. The molecule has 1 saturated heterocycles. The SMILES string of the molecule is O=[C]c1ccc(N2CCOCC2)c(Cl)c1. The highest BCUT2D eigenvalue weighted by Crippen LogP contribution is 2.26. The molecule has 2 rings (SSSR count). The molecule has 0 bridgehead atoms. The van der Waals surface area contributed by atoms with Gasteiger partial charge < -0.3 is 9.64 Å². The van der Waals surface area contributed by atoms with Gasteiger partial charge in [0.15, 0.2) is 0 Å². The molecule has 0 saturated carbocycles. The predicted octanol–water partition coefficient (Wildman–Crippen LogP) is 1.63. The lowest BCUT2D eigenvalue weighted by Gasteiger charge is -2.29. The number of halogens is 1. The standard InChI is InChI=1S/C11H11ClNO2/c12-10-7-9(8-14)1-2-11(10)13-3-5-15-6-4-13/h1-2,7H,3-6H2. The molecule has 0 N–H and O–H groups in total. The Balaban J connectivity index is 2.23. The van der Waals surface area contributed by atoms with Gasteiger partial charge in [-0.15, -0.1) is 0 Å². The maximum absolute atomic E-state index is 10.4. The van der Waals surface area contributed by atoms with Crippen LogP contribution in [0.4, 0.5) is 5.69 Å². The summed E-state index contributed by atoms with van der Waals surface area (Å²) in [4.78, 5) is 12.6. The fourth-order valence-electron chi connectivity index (χ4n) is 1.63. The molecule has 15 heavy (non-hydrogen) atoms. The van der Waals surface area contributed by atoms with Crippen LogP contribution in [0.15, 0.2) is 18.2 Å². The molecule has 79 valence electrons. The second-order valence-electron chi connectivity index (χ2n) is 3.37. The average Bonchev–Trinajstić information content (AvgIpc) is 2.30. The van der Waals surface area contributed by atoms with Crippen LogP contribution < -0.4 is 4.90 Å². The van der Waals surface area contributed by atoms with Gasteiger partial charge in [-0.05, 0) is 18.2 Å². The first kappa shape index (κ1) is 10.5. The molecular formula is C11H11ClNO2. The Morgan fingerprint density at radius 3 is 2.67 bits per heavy atom. The normalized spacial score (nSPS) is 16.5. The highest BCUT2D eigenvalue weighted by molar-refractivity contribution is 6.33. The van der Waals surface area contributed by atoms with Crippen molar-refractivity contribution in [2.75, 3.05) is 31.2 Å². The molecule has 1 aromatic rings. The molecule has 1 radical (unpaired) electrons. The van der Waals surface area contributed by atoms with Crippen molar-refractivity contribution in [2.45, 2.75) is 0 Å². The van der Waals surface area contributed by atoms with Crippen LogP contribution in [0.2, 0.25) is 5.02 Å². The first-order valence-corrected chi connectivity index (χ1v) is 5.19. The van der Waals surface area contributed by atoms with Crippen LogP contribution in [0, 0.1) is 0 Å². The largest absolute Gasteiger partial charge is 0.378 e. The van der Waals surface area contributed by atoms with Crippen LogP contribution in [0.5, 0.6) is 0 Å². The van der Waals surface area contributed by atoms with Crippen molar-refractivity contribution in [3.05, 3.63) is 28.8 Å². The summed E-state index contributed by atoms with van der Waals surface area (Å²) in [6.07, 6.45) is 1.82. The molecular weight excluding hydrogens is 214 g/mol. The van der Waals surface area contributed by atoms with E-state index in [0.717, 1.165) is 32.0 Å². The third-order valence-electron chi connectivity index (χ3n) is 2.42. The molecule has 1 aliphatic heterocycles. The zero-order valence-electron chi connectivity index (χ0n) is 8.20. The van der Waals surface area contributed by atoms with Crippen molar-refractivity contribution in [1.29, 1.82) is 0 Å². The summed E-state index contributed by atoms with van der Waals surface area (Å²) < 4.78 is 5.26. The van der Waals surface area contributed by atoms with E-state index in [0.29, 0.717) is 10.6 Å². The molecule has 1 aromatic carbocycles. The van der Waals surface area contributed by atoms with Crippen molar-refractivity contribution < 1.29 is 9.53 Å². The van der Waals surface area contributed by atoms with Crippen molar-refractivity contribution in [1.82, 2.24) is 0 Å². The van der Waals surface area contributed by atoms with Gasteiger partial charge >= 0.3 is 0 Å². The summed E-state index contributed by atoms with van der Waals surface area (Å²) in [5, 5.41) is 0.595. The predicted molar refractivity (Wildman–Crippen MR) is 59.3 cm³/mol. The highest BCUT2D eigenvalue weighted by Gasteiger charge is 2.14. The molecule has 0 atom stereocenters. The van der Waals surface area contributed by atoms with E-state index >= 15 is 0 Å². The molecule has 0 amide bonds. The van der Waals surface area contributed by atoms with E-state index in [1.54, 1.807) is 12.1 Å². The number of carbonyl (C=O) groups excluding carboxylic acids is 1. The van der Waals surface area contributed by atoms with E-state index in [1.807, 2.05) is 12.4 Å². The Morgan fingerprint density at radius 1 is 1.33 bits per heavy atom. The second-order valence-corrected chi connectivity index (χ2v) is 3.77. The molecule has 1 aliphatic rings. The number of hydrogen-bond acceptors (Lipinski definition) is 3. The lowest BCUT2D eigenvalue weighted by molar-refractivity contribution is 0.122. The van der Waals surface area contributed by atoms with Crippen LogP contribution in [0.3, 0.4) is 0 Å². The first-order chi connectivity index (χ1) is 7.31. The minimum absolute atomic E-state index is 0.483. The Bertz CT molecular complexity index is 362. The Labute approximate surface area is 93.6 Å². The maximum Gasteiger partial charge on any atom is 0.233 e. The number of anilines is 1. The molecule has 1 fully saturated rings. The minimum atomic E-state index is 0.483. The summed E-state index contributed by atoms with van der Waals surface area (Å²) in [5.74, 6) is 0. The van der Waals surface area contributed by atoms with Gasteiger partial charge in [-0.3, -0.25) is 4.79 Å². The number of hydrogen-bond donors (Lipinski definition) is 0. The zero-order valence-corrected chi connectivity index (χ0v) is 8.96. The van der Waals surface area contributed by atoms with Crippen LogP contribution in [-0.4, -0.2) is 32.6 Å². The lowest BCUT2D eigenvalue weighted by Crippen LogP contribution is -2.36. The second kappa shape index (κ2) is 4.64. The van der Waals surface area contributed by atoms with Gasteiger partial charge in [-0.25, -0.2) is 0 Å². The summed E-state index contributed by atoms with van der Waals surface area (Å²) in [6, 6.07) is 5.22. The van der Waals surface area contributed by atoms with E-state index < -0.39 is 0 Å². The minimum Gasteiger partial charge on any atom is -0.378 e. The van der Waals surface area contributed by atoms with Gasteiger partial charge in [0.05, 0.1) is 23.9 Å². The van der Waals surface area contributed by atoms with E-state index in [1.165, 1.54) is 0 Å². The van der Waals surface area contributed by atoms with Crippen molar-refractivity contribution in [3.8, 4) is 0 Å². The quantitative estimate of drug-likeness (QED) is 0.765. The molecule has 1 heterocycles. The molecule has 0 unspecified atom stereocenters. The van der Waals surface area contributed by atoms with Crippen LogP contribution in [0.1, 0.15) is 5.56 Å². The Hall–Kier alpha value is -1.06. The van der Waals surface area contributed by atoms with Crippen molar-refractivity contribution >= 4 is 23.6 Å². The van der Waals surface area contributed by atoms with E-state index in [2.05, 4.69) is 4.90 Å². The van der Waals surface area contributed by atoms with Gasteiger partial charge in [0, 0.05) is 18.7 Å². The number of rotatable bonds is 2. The lowest BCUT2D eigenvalue weighted by atomic mass is 10.2. The fraction of sp³-hybridized carbons (Fsp3) is 0.364. The van der Waals surface area contributed by atoms with Crippen molar-refractivity contribution in [3.63, 3.8) is 0 Å². The van der Waals surface area contributed by atoms with Gasteiger partial charge in [0.25, 0.3) is 0 Å². The molecule has 0 aromatic heterocycles. The van der Waals surface area contributed by atoms with E-state index in [4.69, 9.17) is 16.3 Å². The Kier molecular flexibility index (Phi) is 3.23. The third kappa shape index (κ3) is 2.30. The van der Waals surface area contributed by atoms with Gasteiger partial charge in [0.2, 0.25) is 6.29 Å². The molecule has 0 spiro atoms. The highest BCUT2D eigenvalue weighted by atomic mass is 35.5. The number of morpholine rings is 1. The third-order valence-corrected chi connectivity index (χ3v) is 2.72. The Morgan fingerprint density at radius 2 is 2.07 bits per heavy atom. The molecule has 4 heteroatoms. The van der Waals surface area contributed by atoms with E-state index in [9.17, 15) is 4.79 Å². The maximum atomic E-state index is 10.4. The van der Waals surface area contributed by atoms with Crippen LogP contribution in [0.25, 0.3) is 0 Å². The first-order valence-electron chi connectivity index (χ1n) is 4.81. The summed E-state index contributed by atoms with van der Waals surface area (Å²) >= 11 is 6.08. The van der Waals surface area contributed by atoms with Gasteiger partial charge in [-0.1, -0.05) is 11.6 Å². The van der Waals surface area contributed by atoms with Crippen molar-refractivity contribution in [2.24, 2.45) is 0 Å². The smallest absolute Gasteiger partial charge is 0.233 e. The summed E-state index contributed by atoms with van der Waals surface area (Å²) in [7, 11) is 0. The monoisotopic (exact) mass is 224 g/mol. The van der Waals surface area contributed by atoms with Crippen LogP contribution >= 0.6 is 11.6 Å². The molecule has 0 aliphatic carbocycles. The summed E-state index contributed by atoms with van der Waals surface area (Å²) in [5.41, 5.74) is 1.44. The van der Waals surface area contributed by atoms with Gasteiger partial charge in [-0.2, -0.15) is 0 Å². The number of ether oxygens (including phenoxy) is 1.